The summed E-state index contributed by atoms with van der Waals surface area (Å²) in [5, 5.41) is 4.09. The van der Waals surface area contributed by atoms with Crippen molar-refractivity contribution in [1.29, 1.82) is 0 Å². The number of sulfonamides is 1. The predicted octanol–water partition coefficient (Wildman–Crippen LogP) is 3.15. The second-order valence-electron chi connectivity index (χ2n) is 6.28. The molecule has 1 fully saturated rings. The van der Waals surface area contributed by atoms with Gasteiger partial charge in [0.15, 0.2) is 5.65 Å². The maximum absolute atomic E-state index is 12.4. The van der Waals surface area contributed by atoms with Crippen LogP contribution in [0.25, 0.3) is 22.6 Å². The van der Waals surface area contributed by atoms with Crippen LogP contribution in [0.4, 0.5) is 0 Å². The van der Waals surface area contributed by atoms with Gasteiger partial charge >= 0.3 is 0 Å². The van der Waals surface area contributed by atoms with Crippen LogP contribution >= 0.6 is 11.3 Å². The van der Waals surface area contributed by atoms with Crippen molar-refractivity contribution in [2.45, 2.75) is 25.8 Å². The third-order valence-corrected chi connectivity index (χ3v) is 7.30. The Kier molecular flexibility index (Phi) is 4.35. The molecule has 25 heavy (non-hydrogen) atoms. The van der Waals surface area contributed by atoms with Crippen molar-refractivity contribution in [1.82, 2.24) is 18.8 Å². The first-order valence-electron chi connectivity index (χ1n) is 8.43. The fourth-order valence-corrected chi connectivity index (χ4v) is 5.62. The summed E-state index contributed by atoms with van der Waals surface area (Å²) in [5.74, 6) is 1.08. The van der Waals surface area contributed by atoms with E-state index in [1.54, 1.807) is 21.8 Å². The minimum absolute atomic E-state index is 0.0569. The summed E-state index contributed by atoms with van der Waals surface area (Å²) < 4.78 is 28.6. The quantitative estimate of drug-likeness (QED) is 0.686. The van der Waals surface area contributed by atoms with Crippen LogP contribution in [-0.2, 0) is 10.0 Å². The van der Waals surface area contributed by atoms with E-state index >= 15 is 0 Å². The molecular formula is C17H20N4O2S2. The molecule has 0 amide bonds. The third kappa shape index (κ3) is 2.98. The molecule has 0 saturated carbocycles. The van der Waals surface area contributed by atoms with E-state index in [1.165, 1.54) is 0 Å². The monoisotopic (exact) mass is 376 g/mol. The Balaban J connectivity index is 1.76. The fourth-order valence-electron chi connectivity index (χ4n) is 3.43. The molecule has 1 saturated heterocycles. The molecule has 0 aromatic carbocycles. The van der Waals surface area contributed by atoms with Crippen molar-refractivity contribution >= 4 is 32.5 Å². The highest BCUT2D eigenvalue weighted by Crippen LogP contribution is 2.33. The van der Waals surface area contributed by atoms with Gasteiger partial charge in [-0.2, -0.15) is 15.6 Å². The zero-order chi connectivity index (χ0) is 17.4. The molecule has 132 valence electrons. The first-order chi connectivity index (χ1) is 12.1. The lowest BCUT2D eigenvalue weighted by Crippen LogP contribution is -2.31. The smallest absolute Gasteiger partial charge is 0.214 e. The Labute approximate surface area is 151 Å². The molecular weight excluding hydrogens is 356 g/mol. The summed E-state index contributed by atoms with van der Waals surface area (Å²) in [7, 11) is -3.17. The molecule has 0 bridgehead atoms. The highest BCUT2D eigenvalue weighted by atomic mass is 32.2. The number of thiophene rings is 1. The Morgan fingerprint density at radius 1 is 1.36 bits per heavy atom. The minimum Gasteiger partial charge on any atom is -0.304 e. The van der Waals surface area contributed by atoms with E-state index in [0.717, 1.165) is 29.0 Å². The van der Waals surface area contributed by atoms with Crippen molar-refractivity contribution < 1.29 is 8.42 Å². The van der Waals surface area contributed by atoms with E-state index in [2.05, 4.69) is 14.9 Å². The lowest BCUT2D eigenvalue weighted by Gasteiger charge is -2.18. The maximum atomic E-state index is 12.4. The molecule has 6 nitrogen and oxygen atoms in total. The molecule has 3 aromatic rings. The van der Waals surface area contributed by atoms with Crippen LogP contribution in [0.3, 0.4) is 0 Å². The first-order valence-corrected chi connectivity index (χ1v) is 11.0. The van der Waals surface area contributed by atoms with Gasteiger partial charge in [-0.05, 0) is 36.4 Å². The van der Waals surface area contributed by atoms with Crippen molar-refractivity contribution in [2.75, 3.05) is 18.8 Å². The van der Waals surface area contributed by atoms with Gasteiger partial charge in [0.2, 0.25) is 10.0 Å². The molecule has 3 aromatic heterocycles. The molecule has 8 heteroatoms. The summed E-state index contributed by atoms with van der Waals surface area (Å²) in [6.07, 6.45) is 3.18. The fraction of sp³-hybridized carbons (Fsp3) is 0.412. The van der Waals surface area contributed by atoms with Crippen LogP contribution < -0.4 is 0 Å². The van der Waals surface area contributed by atoms with E-state index in [4.69, 9.17) is 4.98 Å². The number of imidazole rings is 1. The number of nitrogens with zero attached hydrogens (tertiary/aromatic N) is 4. The number of hydrogen-bond acceptors (Lipinski definition) is 5. The molecule has 1 aliphatic heterocycles. The zero-order valence-corrected chi connectivity index (χ0v) is 15.6. The van der Waals surface area contributed by atoms with Gasteiger partial charge in [-0.25, -0.2) is 18.4 Å². The molecule has 4 heterocycles. The van der Waals surface area contributed by atoms with Gasteiger partial charge < -0.3 is 4.57 Å². The van der Waals surface area contributed by atoms with Gasteiger partial charge in [0.25, 0.3) is 0 Å². The summed E-state index contributed by atoms with van der Waals surface area (Å²) in [6.45, 7) is 2.94. The third-order valence-electron chi connectivity index (χ3n) is 4.57. The summed E-state index contributed by atoms with van der Waals surface area (Å²) in [5.41, 5.74) is 2.72. The van der Waals surface area contributed by atoms with Crippen molar-refractivity contribution in [3.63, 3.8) is 0 Å². The highest BCUT2D eigenvalue weighted by molar-refractivity contribution is 7.89. The summed E-state index contributed by atoms with van der Waals surface area (Å²) >= 11 is 1.63. The topological polar surface area (TPSA) is 68.1 Å². The normalized spacial score (nSPS) is 19.0. The van der Waals surface area contributed by atoms with E-state index in [-0.39, 0.29) is 11.8 Å². The minimum atomic E-state index is -3.17. The van der Waals surface area contributed by atoms with E-state index < -0.39 is 10.0 Å². The average molecular weight is 377 g/mol. The average Bonchev–Trinajstić information content (AvgIpc) is 3.32. The molecule has 0 aliphatic carbocycles. The molecule has 4 rings (SSSR count). The summed E-state index contributed by atoms with van der Waals surface area (Å²) in [4.78, 5) is 9.28. The van der Waals surface area contributed by atoms with Gasteiger partial charge in [0.05, 0.1) is 11.8 Å². The van der Waals surface area contributed by atoms with E-state index in [0.29, 0.717) is 19.5 Å². The maximum Gasteiger partial charge on any atom is 0.214 e. The van der Waals surface area contributed by atoms with Gasteiger partial charge in [-0.3, -0.25) is 0 Å². The molecule has 1 aliphatic rings. The lowest BCUT2D eigenvalue weighted by molar-refractivity contribution is 0.455. The van der Waals surface area contributed by atoms with Crippen LogP contribution in [0.1, 0.15) is 25.8 Å². The number of aromatic nitrogens is 3. The van der Waals surface area contributed by atoms with E-state index in [1.807, 2.05) is 30.5 Å². The van der Waals surface area contributed by atoms with Gasteiger partial charge in [0.1, 0.15) is 11.3 Å². The first kappa shape index (κ1) is 16.7. The van der Waals surface area contributed by atoms with Gasteiger partial charge in [-0.15, -0.1) is 0 Å². The SMILES string of the molecule is CCCS(=O)(=O)N1CC[C@H](n2c(-c3ccsc3)nc3cccnc32)C1. The van der Waals surface area contributed by atoms with Crippen LogP contribution in [0.2, 0.25) is 0 Å². The Bertz CT molecular complexity index is 979. The molecule has 0 N–H and O–H groups in total. The summed E-state index contributed by atoms with van der Waals surface area (Å²) in [6, 6.07) is 5.93. The number of rotatable bonds is 5. The zero-order valence-electron chi connectivity index (χ0n) is 14.0. The number of fused-ring (bicyclic) bond motifs is 1. The van der Waals surface area contributed by atoms with E-state index in [9.17, 15) is 8.42 Å². The number of pyridine rings is 1. The van der Waals surface area contributed by atoms with Crippen molar-refractivity contribution in [3.8, 4) is 11.4 Å². The van der Waals surface area contributed by atoms with Crippen molar-refractivity contribution in [2.24, 2.45) is 0 Å². The second kappa shape index (κ2) is 6.51. The van der Waals surface area contributed by atoms with Crippen LogP contribution in [0.5, 0.6) is 0 Å². The molecule has 1 atom stereocenters. The standard InChI is InChI=1S/C17H20N4O2S2/c1-2-10-25(22,23)20-8-5-14(11-20)21-16(13-6-9-24-12-13)19-15-4-3-7-18-17(15)21/h3-4,6-7,9,12,14H,2,5,8,10-11H2,1H3/t14-/m0/s1. The van der Waals surface area contributed by atoms with Gasteiger partial charge in [-0.1, -0.05) is 6.92 Å². The Morgan fingerprint density at radius 2 is 2.24 bits per heavy atom. The van der Waals surface area contributed by atoms with Crippen LogP contribution in [0, 0.1) is 0 Å². The van der Waals surface area contributed by atoms with Crippen molar-refractivity contribution in [3.05, 3.63) is 35.2 Å². The largest absolute Gasteiger partial charge is 0.304 e. The number of hydrogen-bond donors (Lipinski definition) is 0. The predicted molar refractivity (Wildman–Crippen MR) is 100 cm³/mol. The van der Waals surface area contributed by atoms with Crippen LogP contribution in [0.15, 0.2) is 35.2 Å². The second-order valence-corrected chi connectivity index (χ2v) is 9.15. The van der Waals surface area contributed by atoms with Crippen LogP contribution in [-0.4, -0.2) is 46.1 Å². The molecule has 0 spiro atoms. The molecule has 0 unspecified atom stereocenters. The molecule has 0 radical (unpaired) electrons. The van der Waals surface area contributed by atoms with Gasteiger partial charge in [0, 0.05) is 30.2 Å². The Morgan fingerprint density at radius 3 is 3.00 bits per heavy atom. The lowest BCUT2D eigenvalue weighted by atomic mass is 10.2. The highest BCUT2D eigenvalue weighted by Gasteiger charge is 2.34. The Hall–Kier alpha value is -1.77.